The number of nitrogens with two attached hydrogens (primary N) is 1. The number of Topliss-reactive ketones (excluding diaryl/α,β-unsaturated/α-hetero) is 2. The van der Waals surface area contributed by atoms with Gasteiger partial charge in [0.05, 0.1) is 25.2 Å². The first-order chi connectivity index (χ1) is 19.9. The molecule has 0 spiro atoms. The molecule has 1 aliphatic heterocycles. The molecule has 1 aromatic rings. The summed E-state index contributed by atoms with van der Waals surface area (Å²) in [5.74, 6) is 1.06. The van der Waals surface area contributed by atoms with Crippen LogP contribution in [-0.2, 0) is 16.0 Å². The topological polar surface area (TPSA) is 129 Å². The van der Waals surface area contributed by atoms with Crippen molar-refractivity contribution in [2.24, 2.45) is 10.7 Å². The van der Waals surface area contributed by atoms with E-state index in [1.807, 2.05) is 24.5 Å². The predicted octanol–water partition coefficient (Wildman–Crippen LogP) is 4.67. The second-order valence-electron chi connectivity index (χ2n) is 11.9. The highest BCUT2D eigenvalue weighted by Gasteiger charge is 2.19. The molecule has 1 aromatic carbocycles. The molecule has 2 fully saturated rings. The first-order valence-electron chi connectivity index (χ1n) is 15.7. The first kappa shape index (κ1) is 30.7. The zero-order valence-corrected chi connectivity index (χ0v) is 24.5. The molecule has 9 heteroatoms. The SMILES string of the molecule is NC(=NC1CCCCC1)N[C@H](CCCC(=O)CC(=O)CCc1ccc(O)c(OC2CCCC2)c1)CCN1C=CNC1. The van der Waals surface area contributed by atoms with Gasteiger partial charge in [-0.05, 0) is 81.9 Å². The van der Waals surface area contributed by atoms with E-state index < -0.39 is 0 Å². The summed E-state index contributed by atoms with van der Waals surface area (Å²) in [6, 6.07) is 5.70. The maximum Gasteiger partial charge on any atom is 0.189 e. The molecule has 0 aromatic heterocycles. The van der Waals surface area contributed by atoms with Crippen LogP contribution in [0.3, 0.4) is 0 Å². The van der Waals surface area contributed by atoms with Crippen LogP contribution in [0.5, 0.6) is 11.5 Å². The van der Waals surface area contributed by atoms with Gasteiger partial charge >= 0.3 is 0 Å². The van der Waals surface area contributed by atoms with Gasteiger partial charge in [0.2, 0.25) is 0 Å². The zero-order valence-electron chi connectivity index (χ0n) is 24.5. The van der Waals surface area contributed by atoms with Crippen molar-refractivity contribution in [3.8, 4) is 11.5 Å². The highest BCUT2D eigenvalue weighted by molar-refractivity contribution is 5.99. The second-order valence-corrected chi connectivity index (χ2v) is 11.9. The number of nitrogens with one attached hydrogen (secondary N) is 2. The number of nitrogens with zero attached hydrogens (tertiary/aromatic N) is 2. The number of benzene rings is 1. The molecule has 2 saturated carbocycles. The zero-order chi connectivity index (χ0) is 28.9. The molecule has 9 nitrogen and oxygen atoms in total. The summed E-state index contributed by atoms with van der Waals surface area (Å²) in [7, 11) is 0. The van der Waals surface area contributed by atoms with Crippen molar-refractivity contribution in [3.63, 3.8) is 0 Å². The number of hydrogen-bond acceptors (Lipinski definition) is 7. The third-order valence-corrected chi connectivity index (χ3v) is 8.43. The fraction of sp³-hybridized carbons (Fsp3) is 0.656. The fourth-order valence-electron chi connectivity index (χ4n) is 6.02. The largest absolute Gasteiger partial charge is 0.504 e. The first-order valence-corrected chi connectivity index (χ1v) is 15.7. The lowest BCUT2D eigenvalue weighted by molar-refractivity contribution is -0.127. The van der Waals surface area contributed by atoms with Gasteiger partial charge < -0.3 is 31.1 Å². The van der Waals surface area contributed by atoms with E-state index in [-0.39, 0.29) is 35.9 Å². The molecule has 1 atom stereocenters. The lowest BCUT2D eigenvalue weighted by Gasteiger charge is -2.24. The average molecular weight is 568 g/mol. The molecule has 41 heavy (non-hydrogen) atoms. The van der Waals surface area contributed by atoms with Gasteiger partial charge in [0, 0.05) is 37.8 Å². The standard InChI is InChI=1S/C32H49N5O4/c33-32(35-25-7-2-1-3-8-25)36-26(17-19-37-20-18-34-23-37)9-6-10-27(38)22-28(39)15-13-24-14-16-30(40)31(21-24)41-29-11-4-5-12-29/h14,16,18,20-21,25-26,29,34,40H,1-13,15,17,19,22-23H2,(H3,33,35,36)/t26-/m1/s1. The van der Waals surface area contributed by atoms with E-state index in [1.165, 1.54) is 19.3 Å². The molecule has 3 aliphatic rings. The maximum atomic E-state index is 12.6. The van der Waals surface area contributed by atoms with Crippen LogP contribution in [0.15, 0.2) is 35.6 Å². The Kier molecular flexibility index (Phi) is 12.2. The summed E-state index contributed by atoms with van der Waals surface area (Å²) in [5, 5.41) is 16.8. The molecule has 0 amide bonds. The van der Waals surface area contributed by atoms with Crippen LogP contribution in [-0.4, -0.2) is 58.9 Å². The number of carbonyl (C=O) groups is 2. The number of ketones is 2. The molecule has 0 saturated heterocycles. The van der Waals surface area contributed by atoms with Gasteiger partial charge in [0.25, 0.3) is 0 Å². The summed E-state index contributed by atoms with van der Waals surface area (Å²) >= 11 is 0. The van der Waals surface area contributed by atoms with E-state index >= 15 is 0 Å². The summed E-state index contributed by atoms with van der Waals surface area (Å²) in [5.41, 5.74) is 7.22. The number of ether oxygens (including phenoxy) is 1. The lowest BCUT2D eigenvalue weighted by atomic mass is 9.96. The van der Waals surface area contributed by atoms with E-state index in [1.54, 1.807) is 6.07 Å². The van der Waals surface area contributed by atoms with Crippen molar-refractivity contribution < 1.29 is 19.4 Å². The number of aromatic hydroxyl groups is 1. The van der Waals surface area contributed by atoms with Gasteiger partial charge in [-0.1, -0.05) is 25.3 Å². The summed E-state index contributed by atoms with van der Waals surface area (Å²) in [6.07, 6.45) is 17.9. The predicted molar refractivity (Wildman–Crippen MR) is 162 cm³/mol. The number of carbonyl (C=O) groups excluding carboxylic acids is 2. The van der Waals surface area contributed by atoms with Crippen molar-refractivity contribution in [2.45, 2.75) is 121 Å². The minimum Gasteiger partial charge on any atom is -0.504 e. The van der Waals surface area contributed by atoms with Crippen molar-refractivity contribution in [1.29, 1.82) is 0 Å². The summed E-state index contributed by atoms with van der Waals surface area (Å²) < 4.78 is 5.97. The summed E-state index contributed by atoms with van der Waals surface area (Å²) in [4.78, 5) is 32.1. The monoisotopic (exact) mass is 567 g/mol. The minimum absolute atomic E-state index is 0.0137. The van der Waals surface area contributed by atoms with Gasteiger partial charge in [-0.25, -0.2) is 0 Å². The molecule has 0 radical (unpaired) electrons. The molecular formula is C32H49N5O4. The quantitative estimate of drug-likeness (QED) is 0.129. The Balaban J connectivity index is 1.18. The molecule has 0 unspecified atom stereocenters. The molecule has 226 valence electrons. The number of hydrogen-bond donors (Lipinski definition) is 4. The Labute approximate surface area is 245 Å². The van der Waals surface area contributed by atoms with Crippen LogP contribution in [0.4, 0.5) is 0 Å². The molecular weight excluding hydrogens is 518 g/mol. The Morgan fingerprint density at radius 2 is 1.83 bits per heavy atom. The van der Waals surface area contributed by atoms with Gasteiger partial charge in [-0.3, -0.25) is 14.6 Å². The van der Waals surface area contributed by atoms with Crippen LogP contribution in [0.25, 0.3) is 0 Å². The van der Waals surface area contributed by atoms with Gasteiger partial charge in [0.1, 0.15) is 11.6 Å². The van der Waals surface area contributed by atoms with Crippen LogP contribution in [0.1, 0.15) is 102 Å². The second kappa shape index (κ2) is 16.3. The molecule has 2 aliphatic carbocycles. The van der Waals surface area contributed by atoms with E-state index in [0.717, 1.165) is 70.1 Å². The smallest absolute Gasteiger partial charge is 0.189 e. The summed E-state index contributed by atoms with van der Waals surface area (Å²) in [6.45, 7) is 1.69. The number of aliphatic imine (C=N–C) groups is 1. The van der Waals surface area contributed by atoms with Gasteiger partial charge in [-0.2, -0.15) is 0 Å². The van der Waals surface area contributed by atoms with Crippen molar-refractivity contribution in [1.82, 2.24) is 15.5 Å². The van der Waals surface area contributed by atoms with Gasteiger partial charge in [0.15, 0.2) is 17.5 Å². The minimum atomic E-state index is -0.0480. The Hall–Kier alpha value is -3.23. The highest BCUT2D eigenvalue weighted by Crippen LogP contribution is 2.32. The van der Waals surface area contributed by atoms with Crippen molar-refractivity contribution in [3.05, 3.63) is 36.2 Å². The number of rotatable bonds is 16. The van der Waals surface area contributed by atoms with Crippen molar-refractivity contribution >= 4 is 17.5 Å². The maximum absolute atomic E-state index is 12.6. The molecule has 5 N–H and O–H groups in total. The molecule has 4 rings (SSSR count). The van der Waals surface area contributed by atoms with Crippen LogP contribution in [0.2, 0.25) is 0 Å². The number of phenolic OH excluding ortho intramolecular Hbond substituents is 1. The number of aryl methyl sites for hydroxylation is 1. The van der Waals surface area contributed by atoms with Crippen LogP contribution < -0.4 is 21.1 Å². The number of phenols is 1. The lowest BCUT2D eigenvalue weighted by Crippen LogP contribution is -2.42. The molecule has 1 heterocycles. The van der Waals surface area contributed by atoms with E-state index in [2.05, 4.69) is 15.5 Å². The van der Waals surface area contributed by atoms with Crippen LogP contribution >= 0.6 is 0 Å². The van der Waals surface area contributed by atoms with Crippen molar-refractivity contribution in [2.75, 3.05) is 13.2 Å². The highest BCUT2D eigenvalue weighted by atomic mass is 16.5. The third-order valence-electron chi connectivity index (χ3n) is 8.43. The molecule has 0 bridgehead atoms. The Morgan fingerprint density at radius 1 is 1.07 bits per heavy atom. The number of guanidine groups is 1. The average Bonchev–Trinajstić information content (AvgIpc) is 3.67. The Bertz CT molecular complexity index is 1050. The Morgan fingerprint density at radius 3 is 2.59 bits per heavy atom. The van der Waals surface area contributed by atoms with E-state index in [0.29, 0.717) is 43.4 Å². The normalized spacial score (nSPS) is 18.8. The third kappa shape index (κ3) is 10.9. The fourth-order valence-corrected chi connectivity index (χ4v) is 6.02. The van der Waals surface area contributed by atoms with Gasteiger partial charge in [-0.15, -0.1) is 0 Å². The van der Waals surface area contributed by atoms with Crippen LogP contribution in [0, 0.1) is 0 Å². The van der Waals surface area contributed by atoms with E-state index in [9.17, 15) is 14.7 Å². The van der Waals surface area contributed by atoms with E-state index in [4.69, 9.17) is 15.5 Å².